The summed E-state index contributed by atoms with van der Waals surface area (Å²) in [7, 11) is 0. The van der Waals surface area contributed by atoms with E-state index in [9.17, 15) is 4.79 Å². The van der Waals surface area contributed by atoms with Crippen LogP contribution in [-0.2, 0) is 17.8 Å². The van der Waals surface area contributed by atoms with Gasteiger partial charge in [-0.15, -0.1) is 0 Å². The summed E-state index contributed by atoms with van der Waals surface area (Å²) < 4.78 is 0. The highest BCUT2D eigenvalue weighted by atomic mass is 16.2. The second kappa shape index (κ2) is 6.07. The van der Waals surface area contributed by atoms with Gasteiger partial charge in [-0.2, -0.15) is 0 Å². The van der Waals surface area contributed by atoms with Crippen molar-refractivity contribution in [2.75, 3.05) is 23.7 Å². The zero-order chi connectivity index (χ0) is 16.5. The Morgan fingerprint density at radius 1 is 1.25 bits per heavy atom. The molecule has 4 rings (SSSR count). The van der Waals surface area contributed by atoms with E-state index in [2.05, 4.69) is 19.9 Å². The molecule has 0 aromatic carbocycles. The molecule has 0 aliphatic carbocycles. The number of aromatic nitrogens is 3. The zero-order valence-corrected chi connectivity index (χ0v) is 13.4. The van der Waals surface area contributed by atoms with E-state index in [1.54, 1.807) is 12.4 Å². The third-order valence-electron chi connectivity index (χ3n) is 4.76. The van der Waals surface area contributed by atoms with Crippen LogP contribution in [-0.4, -0.2) is 44.9 Å². The fourth-order valence-electron chi connectivity index (χ4n) is 3.54. The average molecular weight is 324 g/mol. The van der Waals surface area contributed by atoms with Crippen molar-refractivity contribution in [3.8, 4) is 0 Å². The molecule has 0 radical (unpaired) electrons. The van der Waals surface area contributed by atoms with E-state index in [1.807, 2.05) is 23.1 Å². The minimum atomic E-state index is -0.138. The molecule has 124 valence electrons. The average Bonchev–Trinajstić information content (AvgIpc) is 3.11. The number of fused-ring (bicyclic) bond motifs is 1. The summed E-state index contributed by atoms with van der Waals surface area (Å²) in [5, 5.41) is 0. The molecule has 7 heteroatoms. The number of nitrogens with zero attached hydrogens (tertiary/aromatic N) is 5. The summed E-state index contributed by atoms with van der Waals surface area (Å²) >= 11 is 0. The molecule has 0 saturated carbocycles. The number of hydrogen-bond donors (Lipinski definition) is 1. The van der Waals surface area contributed by atoms with Crippen molar-refractivity contribution in [3.05, 3.63) is 41.9 Å². The highest BCUT2D eigenvalue weighted by Gasteiger charge is 2.35. The fourth-order valence-corrected chi connectivity index (χ4v) is 3.54. The predicted molar refractivity (Wildman–Crippen MR) is 90.2 cm³/mol. The van der Waals surface area contributed by atoms with E-state index in [0.29, 0.717) is 13.1 Å². The van der Waals surface area contributed by atoms with Gasteiger partial charge in [-0.1, -0.05) is 6.07 Å². The number of nitrogens with two attached hydrogens (primary N) is 1. The second-order valence-corrected chi connectivity index (χ2v) is 6.25. The number of rotatable bonds is 2. The topological polar surface area (TPSA) is 88.2 Å². The monoisotopic (exact) mass is 324 g/mol. The van der Waals surface area contributed by atoms with Gasteiger partial charge in [0.15, 0.2) is 0 Å². The van der Waals surface area contributed by atoms with Gasteiger partial charge in [-0.25, -0.2) is 15.0 Å². The first kappa shape index (κ1) is 14.9. The Morgan fingerprint density at radius 3 is 3.00 bits per heavy atom. The second-order valence-electron chi connectivity index (χ2n) is 6.25. The Hall–Kier alpha value is -2.70. The van der Waals surface area contributed by atoms with Crippen molar-refractivity contribution in [2.24, 2.45) is 0 Å². The molecule has 4 heterocycles. The number of carbonyl (C=O) groups is 1. The van der Waals surface area contributed by atoms with Crippen LogP contribution in [0, 0.1) is 0 Å². The molecule has 2 aliphatic heterocycles. The van der Waals surface area contributed by atoms with Crippen LogP contribution in [0.2, 0.25) is 0 Å². The van der Waals surface area contributed by atoms with E-state index in [0.717, 1.165) is 42.9 Å². The van der Waals surface area contributed by atoms with Crippen LogP contribution in [0.15, 0.2) is 30.6 Å². The van der Waals surface area contributed by atoms with Crippen LogP contribution in [0.3, 0.4) is 0 Å². The van der Waals surface area contributed by atoms with Crippen molar-refractivity contribution in [1.29, 1.82) is 0 Å². The Bertz CT molecular complexity index is 750. The number of pyridine rings is 1. The first-order valence-corrected chi connectivity index (χ1v) is 8.29. The van der Waals surface area contributed by atoms with Gasteiger partial charge in [-0.3, -0.25) is 4.79 Å². The minimum absolute atomic E-state index is 0.138. The number of anilines is 2. The van der Waals surface area contributed by atoms with Crippen molar-refractivity contribution < 1.29 is 4.79 Å². The lowest BCUT2D eigenvalue weighted by molar-refractivity contribution is -0.133. The highest BCUT2D eigenvalue weighted by molar-refractivity contribution is 5.85. The summed E-state index contributed by atoms with van der Waals surface area (Å²) in [5.74, 6) is 1.29. The summed E-state index contributed by atoms with van der Waals surface area (Å²) in [6.07, 6.45) is 6.19. The molecule has 1 unspecified atom stereocenters. The third kappa shape index (κ3) is 2.66. The fraction of sp³-hybridized carbons (Fsp3) is 0.412. The van der Waals surface area contributed by atoms with E-state index >= 15 is 0 Å². The van der Waals surface area contributed by atoms with E-state index in [-0.39, 0.29) is 17.9 Å². The molecule has 2 N–H and O–H groups in total. The lowest BCUT2D eigenvalue weighted by Gasteiger charge is -2.33. The summed E-state index contributed by atoms with van der Waals surface area (Å²) in [6.45, 7) is 2.08. The van der Waals surface area contributed by atoms with Gasteiger partial charge < -0.3 is 15.5 Å². The number of hydrogen-bond acceptors (Lipinski definition) is 6. The summed E-state index contributed by atoms with van der Waals surface area (Å²) in [4.78, 5) is 29.8. The molecule has 0 spiro atoms. The molecule has 1 atom stereocenters. The highest BCUT2D eigenvalue weighted by Crippen LogP contribution is 2.26. The smallest absolute Gasteiger partial charge is 0.245 e. The molecule has 7 nitrogen and oxygen atoms in total. The molecular formula is C17H20N6O. The van der Waals surface area contributed by atoms with Gasteiger partial charge in [0, 0.05) is 25.5 Å². The molecule has 1 fully saturated rings. The third-order valence-corrected chi connectivity index (χ3v) is 4.76. The molecule has 2 aromatic rings. The minimum Gasteiger partial charge on any atom is -0.368 e. The Balaban J connectivity index is 1.53. The van der Waals surface area contributed by atoms with Crippen LogP contribution in [0.4, 0.5) is 11.8 Å². The van der Waals surface area contributed by atoms with Gasteiger partial charge in [0.2, 0.25) is 11.9 Å². The van der Waals surface area contributed by atoms with Crippen LogP contribution in [0.5, 0.6) is 0 Å². The van der Waals surface area contributed by atoms with Gasteiger partial charge in [-0.05, 0) is 37.0 Å². The first-order chi connectivity index (χ1) is 11.7. The molecular weight excluding hydrogens is 304 g/mol. The molecule has 24 heavy (non-hydrogen) atoms. The quantitative estimate of drug-likeness (QED) is 0.887. The van der Waals surface area contributed by atoms with Crippen molar-refractivity contribution >= 4 is 17.7 Å². The van der Waals surface area contributed by atoms with Crippen LogP contribution >= 0.6 is 0 Å². The van der Waals surface area contributed by atoms with Gasteiger partial charge >= 0.3 is 0 Å². The number of nitrogen functional groups attached to an aromatic ring is 1. The SMILES string of the molecule is Nc1ncc2c(n1)CN(C(=O)C1CCCN1c1ccccn1)CC2. The Kier molecular flexibility index (Phi) is 3.76. The Morgan fingerprint density at radius 2 is 2.17 bits per heavy atom. The maximum absolute atomic E-state index is 13.1. The van der Waals surface area contributed by atoms with Gasteiger partial charge in [0.25, 0.3) is 0 Å². The maximum Gasteiger partial charge on any atom is 0.245 e. The zero-order valence-electron chi connectivity index (χ0n) is 13.4. The molecule has 2 aromatic heterocycles. The molecule has 0 bridgehead atoms. The standard InChI is InChI=1S/C17H20N6O/c18-17-20-10-12-6-9-22(11-13(12)21-17)16(24)14-4-3-8-23(14)15-5-1-2-7-19-15/h1-2,5,7,10,14H,3-4,6,8-9,11H2,(H2,18,20,21). The number of carbonyl (C=O) groups excluding carboxylic acids is 1. The predicted octanol–water partition coefficient (Wildman–Crippen LogP) is 1.01. The van der Waals surface area contributed by atoms with Gasteiger partial charge in [0.05, 0.1) is 12.2 Å². The Labute approximate surface area is 140 Å². The van der Waals surface area contributed by atoms with Crippen molar-refractivity contribution in [2.45, 2.75) is 31.8 Å². The van der Waals surface area contributed by atoms with Gasteiger partial charge in [0.1, 0.15) is 11.9 Å². The van der Waals surface area contributed by atoms with Crippen LogP contribution in [0.1, 0.15) is 24.1 Å². The summed E-state index contributed by atoms with van der Waals surface area (Å²) in [6, 6.07) is 5.67. The van der Waals surface area contributed by atoms with Crippen LogP contribution in [0.25, 0.3) is 0 Å². The first-order valence-electron chi connectivity index (χ1n) is 8.29. The van der Waals surface area contributed by atoms with E-state index < -0.39 is 0 Å². The lowest BCUT2D eigenvalue weighted by Crippen LogP contribution is -2.47. The maximum atomic E-state index is 13.1. The lowest BCUT2D eigenvalue weighted by atomic mass is 10.1. The van der Waals surface area contributed by atoms with Crippen LogP contribution < -0.4 is 10.6 Å². The molecule has 2 aliphatic rings. The van der Waals surface area contributed by atoms with Crippen molar-refractivity contribution in [1.82, 2.24) is 19.9 Å². The molecule has 1 saturated heterocycles. The van der Waals surface area contributed by atoms with E-state index in [4.69, 9.17) is 5.73 Å². The molecule has 1 amide bonds. The largest absolute Gasteiger partial charge is 0.368 e. The van der Waals surface area contributed by atoms with E-state index in [1.165, 1.54) is 0 Å². The normalized spacial score (nSPS) is 20.1. The van der Waals surface area contributed by atoms with Crippen molar-refractivity contribution in [3.63, 3.8) is 0 Å². The summed E-state index contributed by atoms with van der Waals surface area (Å²) in [5.41, 5.74) is 7.63. The number of amides is 1.